The fourth-order valence-electron chi connectivity index (χ4n) is 4.24. The van der Waals surface area contributed by atoms with Crippen molar-refractivity contribution in [2.24, 2.45) is 23.7 Å². The molecule has 1 aliphatic heterocycles. The molecule has 96 valence electrons. The van der Waals surface area contributed by atoms with Crippen LogP contribution in [0.25, 0.3) is 0 Å². The molecule has 0 aromatic carbocycles. The summed E-state index contributed by atoms with van der Waals surface area (Å²) in [6, 6.07) is 0. The lowest BCUT2D eigenvalue weighted by molar-refractivity contribution is 0.227. The van der Waals surface area contributed by atoms with E-state index in [1.807, 2.05) is 0 Å². The minimum Gasteiger partial charge on any atom is -0.303 e. The van der Waals surface area contributed by atoms with E-state index in [1.165, 1.54) is 45.7 Å². The van der Waals surface area contributed by atoms with Crippen molar-refractivity contribution in [1.29, 1.82) is 0 Å². The number of hydrogen-bond donors (Lipinski definition) is 0. The van der Waals surface area contributed by atoms with E-state index in [0.717, 1.165) is 23.7 Å². The van der Waals surface area contributed by atoms with Gasteiger partial charge in [-0.05, 0) is 43.2 Å². The van der Waals surface area contributed by atoms with Crippen LogP contribution in [0.4, 0.5) is 0 Å². The molecule has 3 aliphatic rings. The molecule has 0 radical (unpaired) electrons. The highest BCUT2D eigenvalue weighted by Gasteiger charge is 2.48. The highest BCUT2D eigenvalue weighted by molar-refractivity contribution is 5.16. The lowest BCUT2D eigenvalue weighted by Crippen LogP contribution is -2.34. The average molecular weight is 234 g/mol. The predicted molar refractivity (Wildman–Crippen MR) is 71.9 cm³/mol. The Kier molecular flexibility index (Phi) is 3.27. The van der Waals surface area contributed by atoms with Crippen molar-refractivity contribution in [2.45, 2.75) is 20.3 Å². The lowest BCUT2D eigenvalue weighted by Gasteiger charge is -2.23. The number of nitrogens with zero attached hydrogens (tertiary/aromatic N) is 2. The standard InChI is InChI=1S/C15H26N2/c1-3-16(4-2)7-8-17-10-14-12-5-6-13(9-12)15(14)11-17/h5-6,12-15H,3-4,7-11H2,1-2H3/t12-,13-,14-,15+/m0/s1. The molecule has 17 heavy (non-hydrogen) atoms. The SMILES string of the molecule is CCN(CC)CCN1C[C@@H]2[C@H](C1)[C@H]1C=C[C@H]2C1. The van der Waals surface area contributed by atoms with Crippen molar-refractivity contribution in [3.05, 3.63) is 12.2 Å². The summed E-state index contributed by atoms with van der Waals surface area (Å²) in [5, 5.41) is 0. The van der Waals surface area contributed by atoms with Crippen LogP contribution < -0.4 is 0 Å². The molecular weight excluding hydrogens is 208 g/mol. The van der Waals surface area contributed by atoms with E-state index in [0.29, 0.717) is 0 Å². The number of likely N-dealkylation sites (tertiary alicyclic amines) is 1. The first-order chi connectivity index (χ1) is 8.31. The van der Waals surface area contributed by atoms with Crippen LogP contribution in [-0.4, -0.2) is 49.1 Å². The van der Waals surface area contributed by atoms with Gasteiger partial charge in [0.15, 0.2) is 0 Å². The molecule has 1 saturated carbocycles. The minimum atomic E-state index is 0.934. The van der Waals surface area contributed by atoms with Crippen molar-refractivity contribution in [1.82, 2.24) is 9.80 Å². The van der Waals surface area contributed by atoms with Gasteiger partial charge in [0, 0.05) is 26.2 Å². The Labute approximate surface area is 106 Å². The summed E-state index contributed by atoms with van der Waals surface area (Å²) in [5.74, 6) is 3.87. The Morgan fingerprint density at radius 3 is 2.18 bits per heavy atom. The third-order valence-electron chi connectivity index (χ3n) is 5.36. The first kappa shape index (κ1) is 11.7. The molecule has 3 rings (SSSR count). The number of allylic oxidation sites excluding steroid dienone is 2. The molecule has 0 spiro atoms. The topological polar surface area (TPSA) is 6.48 Å². The maximum absolute atomic E-state index is 2.72. The molecule has 2 heteroatoms. The monoisotopic (exact) mass is 234 g/mol. The van der Waals surface area contributed by atoms with Crippen LogP contribution in [-0.2, 0) is 0 Å². The van der Waals surface area contributed by atoms with E-state index in [-0.39, 0.29) is 0 Å². The molecule has 0 aromatic rings. The molecular formula is C15H26N2. The van der Waals surface area contributed by atoms with Crippen LogP contribution in [0.3, 0.4) is 0 Å². The highest BCUT2D eigenvalue weighted by Crippen LogP contribution is 2.51. The van der Waals surface area contributed by atoms with Gasteiger partial charge in [-0.3, -0.25) is 0 Å². The zero-order valence-electron chi connectivity index (χ0n) is 11.3. The van der Waals surface area contributed by atoms with E-state index < -0.39 is 0 Å². The van der Waals surface area contributed by atoms with Gasteiger partial charge in [-0.15, -0.1) is 0 Å². The number of fused-ring (bicyclic) bond motifs is 5. The molecule has 1 saturated heterocycles. The smallest absolute Gasteiger partial charge is 0.0110 e. The Hall–Kier alpha value is -0.340. The number of rotatable bonds is 5. The molecule has 0 aromatic heterocycles. The first-order valence-corrected chi connectivity index (χ1v) is 7.44. The molecule has 2 bridgehead atoms. The number of hydrogen-bond acceptors (Lipinski definition) is 2. The van der Waals surface area contributed by atoms with Gasteiger partial charge in [0.1, 0.15) is 0 Å². The first-order valence-electron chi connectivity index (χ1n) is 7.44. The second-order valence-electron chi connectivity index (χ2n) is 6.06. The largest absolute Gasteiger partial charge is 0.303 e. The Bertz CT molecular complexity index is 275. The van der Waals surface area contributed by atoms with Gasteiger partial charge >= 0.3 is 0 Å². The van der Waals surface area contributed by atoms with Crippen molar-refractivity contribution in [2.75, 3.05) is 39.3 Å². The van der Waals surface area contributed by atoms with Crippen molar-refractivity contribution in [3.63, 3.8) is 0 Å². The van der Waals surface area contributed by atoms with E-state index >= 15 is 0 Å². The van der Waals surface area contributed by atoms with E-state index in [9.17, 15) is 0 Å². The van der Waals surface area contributed by atoms with E-state index in [1.54, 1.807) is 0 Å². The Balaban J connectivity index is 1.49. The molecule has 0 unspecified atom stereocenters. The van der Waals surface area contributed by atoms with Crippen LogP contribution in [0.1, 0.15) is 20.3 Å². The van der Waals surface area contributed by atoms with Gasteiger partial charge in [-0.1, -0.05) is 26.0 Å². The molecule has 2 aliphatic carbocycles. The molecule has 1 heterocycles. The summed E-state index contributed by atoms with van der Waals surface area (Å²) in [7, 11) is 0. The fraction of sp³-hybridized carbons (Fsp3) is 0.867. The van der Waals surface area contributed by atoms with Gasteiger partial charge in [-0.2, -0.15) is 0 Å². The normalized spacial score (nSPS) is 39.5. The zero-order chi connectivity index (χ0) is 11.8. The molecule has 2 nitrogen and oxygen atoms in total. The summed E-state index contributed by atoms with van der Waals surface area (Å²) in [4.78, 5) is 5.26. The minimum absolute atomic E-state index is 0.934. The van der Waals surface area contributed by atoms with Crippen molar-refractivity contribution in [3.8, 4) is 0 Å². The van der Waals surface area contributed by atoms with Gasteiger partial charge < -0.3 is 9.80 Å². The fourth-order valence-corrected chi connectivity index (χ4v) is 4.24. The zero-order valence-corrected chi connectivity index (χ0v) is 11.3. The lowest BCUT2D eigenvalue weighted by atomic mass is 9.86. The second kappa shape index (κ2) is 4.74. The Morgan fingerprint density at radius 1 is 1.06 bits per heavy atom. The predicted octanol–water partition coefficient (Wildman–Crippen LogP) is 2.08. The van der Waals surface area contributed by atoms with Crippen LogP contribution in [0.15, 0.2) is 12.2 Å². The van der Waals surface area contributed by atoms with Crippen LogP contribution in [0.2, 0.25) is 0 Å². The third-order valence-corrected chi connectivity index (χ3v) is 5.36. The molecule has 2 fully saturated rings. The quantitative estimate of drug-likeness (QED) is 0.672. The third kappa shape index (κ3) is 2.06. The van der Waals surface area contributed by atoms with Gasteiger partial charge in [0.05, 0.1) is 0 Å². The summed E-state index contributed by atoms with van der Waals surface area (Å²) in [6.07, 6.45) is 6.47. The van der Waals surface area contributed by atoms with Crippen LogP contribution >= 0.6 is 0 Å². The van der Waals surface area contributed by atoms with Gasteiger partial charge in [0.25, 0.3) is 0 Å². The summed E-state index contributed by atoms with van der Waals surface area (Å²) >= 11 is 0. The van der Waals surface area contributed by atoms with Crippen LogP contribution in [0, 0.1) is 23.7 Å². The van der Waals surface area contributed by atoms with E-state index in [4.69, 9.17) is 0 Å². The number of likely N-dealkylation sites (N-methyl/N-ethyl adjacent to an activating group) is 1. The maximum atomic E-state index is 2.72. The molecule has 0 amide bonds. The van der Waals surface area contributed by atoms with Crippen molar-refractivity contribution < 1.29 is 0 Å². The maximum Gasteiger partial charge on any atom is 0.0110 e. The van der Waals surface area contributed by atoms with E-state index in [2.05, 4.69) is 35.8 Å². The Morgan fingerprint density at radius 2 is 1.65 bits per heavy atom. The van der Waals surface area contributed by atoms with Gasteiger partial charge in [0.2, 0.25) is 0 Å². The highest BCUT2D eigenvalue weighted by atomic mass is 15.2. The summed E-state index contributed by atoms with van der Waals surface area (Å²) < 4.78 is 0. The molecule has 4 atom stereocenters. The summed E-state index contributed by atoms with van der Waals surface area (Å²) in [5.41, 5.74) is 0. The van der Waals surface area contributed by atoms with Crippen molar-refractivity contribution >= 4 is 0 Å². The van der Waals surface area contributed by atoms with Gasteiger partial charge in [-0.25, -0.2) is 0 Å². The molecule has 0 N–H and O–H groups in total. The summed E-state index contributed by atoms with van der Waals surface area (Å²) in [6.45, 7) is 12.2. The second-order valence-corrected chi connectivity index (χ2v) is 6.06. The van der Waals surface area contributed by atoms with Crippen LogP contribution in [0.5, 0.6) is 0 Å². The average Bonchev–Trinajstić information content (AvgIpc) is 3.02.